The Morgan fingerprint density at radius 1 is 1.33 bits per heavy atom. The zero-order valence-corrected chi connectivity index (χ0v) is 11.6. The van der Waals surface area contributed by atoms with Crippen LogP contribution in [0.25, 0.3) is 0 Å². The van der Waals surface area contributed by atoms with E-state index in [1.165, 1.54) is 5.56 Å². The van der Waals surface area contributed by atoms with E-state index < -0.39 is 6.10 Å². The van der Waals surface area contributed by atoms with Gasteiger partial charge in [0, 0.05) is 6.04 Å². The summed E-state index contributed by atoms with van der Waals surface area (Å²) in [5.74, 6) is 0.886. The summed E-state index contributed by atoms with van der Waals surface area (Å²) in [4.78, 5) is 0. The van der Waals surface area contributed by atoms with Crippen molar-refractivity contribution in [2.24, 2.45) is 5.73 Å². The predicted octanol–water partition coefficient (Wildman–Crippen LogP) is 2.42. The molecule has 1 aromatic carbocycles. The van der Waals surface area contributed by atoms with Crippen LogP contribution < -0.4 is 10.5 Å². The third kappa shape index (κ3) is 4.31. The quantitative estimate of drug-likeness (QED) is 0.782. The molecule has 0 bridgehead atoms. The van der Waals surface area contributed by atoms with Gasteiger partial charge >= 0.3 is 0 Å². The van der Waals surface area contributed by atoms with Crippen molar-refractivity contribution in [2.75, 3.05) is 7.11 Å². The Bertz CT molecular complexity index is 366. The molecule has 0 aliphatic rings. The van der Waals surface area contributed by atoms with Crippen molar-refractivity contribution >= 4 is 0 Å². The van der Waals surface area contributed by atoms with E-state index in [0.29, 0.717) is 6.42 Å². The summed E-state index contributed by atoms with van der Waals surface area (Å²) in [6, 6.07) is 5.99. The molecule has 1 rings (SSSR count). The van der Waals surface area contributed by atoms with E-state index in [1.807, 2.05) is 12.1 Å². The minimum Gasteiger partial charge on any atom is -0.496 e. The first kappa shape index (κ1) is 15.0. The van der Waals surface area contributed by atoms with Crippen molar-refractivity contribution in [3.63, 3.8) is 0 Å². The maximum atomic E-state index is 9.98. The summed E-state index contributed by atoms with van der Waals surface area (Å²) in [6.07, 6.45) is 2.91. The molecule has 3 heteroatoms. The number of hydrogen-bond acceptors (Lipinski definition) is 3. The lowest BCUT2D eigenvalue weighted by Crippen LogP contribution is -2.34. The fourth-order valence-electron chi connectivity index (χ4n) is 2.15. The number of aliphatic hydroxyl groups excluding tert-OH is 1. The molecule has 0 saturated carbocycles. The summed E-state index contributed by atoms with van der Waals surface area (Å²) in [7, 11) is 1.67. The van der Waals surface area contributed by atoms with E-state index in [-0.39, 0.29) is 6.04 Å². The Balaban J connectivity index is 2.59. The minimum atomic E-state index is -0.435. The van der Waals surface area contributed by atoms with Crippen LogP contribution in [0.2, 0.25) is 0 Å². The number of rotatable bonds is 7. The van der Waals surface area contributed by atoms with Crippen molar-refractivity contribution in [1.82, 2.24) is 0 Å². The smallest absolute Gasteiger partial charge is 0.122 e. The molecule has 0 heterocycles. The maximum Gasteiger partial charge on any atom is 0.122 e. The second kappa shape index (κ2) is 7.39. The zero-order chi connectivity index (χ0) is 13.5. The number of methoxy groups -OCH3 is 1. The van der Waals surface area contributed by atoms with Gasteiger partial charge in [-0.15, -0.1) is 0 Å². The second-order valence-electron chi connectivity index (χ2n) is 4.87. The molecule has 0 aliphatic heterocycles. The molecule has 18 heavy (non-hydrogen) atoms. The number of hydrogen-bond donors (Lipinski definition) is 2. The van der Waals surface area contributed by atoms with E-state index in [2.05, 4.69) is 19.9 Å². The van der Waals surface area contributed by atoms with Crippen LogP contribution in [0.4, 0.5) is 0 Å². The van der Waals surface area contributed by atoms with Crippen LogP contribution in [0, 0.1) is 6.92 Å². The fraction of sp³-hybridized carbons (Fsp3) is 0.600. The van der Waals surface area contributed by atoms with E-state index in [0.717, 1.165) is 30.6 Å². The Hall–Kier alpha value is -1.06. The molecule has 2 atom stereocenters. The summed E-state index contributed by atoms with van der Waals surface area (Å²) in [6.45, 7) is 4.14. The number of aliphatic hydroxyl groups is 1. The van der Waals surface area contributed by atoms with E-state index in [1.54, 1.807) is 7.11 Å². The topological polar surface area (TPSA) is 55.5 Å². The normalized spacial score (nSPS) is 14.3. The molecule has 102 valence electrons. The molecule has 3 N–H and O–H groups in total. The first-order chi connectivity index (χ1) is 8.58. The van der Waals surface area contributed by atoms with Crippen LogP contribution in [-0.2, 0) is 6.42 Å². The van der Waals surface area contributed by atoms with Gasteiger partial charge in [-0.25, -0.2) is 0 Å². The molecule has 0 fully saturated rings. The highest BCUT2D eigenvalue weighted by Crippen LogP contribution is 2.22. The van der Waals surface area contributed by atoms with Crippen molar-refractivity contribution in [3.05, 3.63) is 29.3 Å². The molecule has 0 spiro atoms. The highest BCUT2D eigenvalue weighted by Gasteiger charge is 2.14. The van der Waals surface area contributed by atoms with Gasteiger partial charge in [0.2, 0.25) is 0 Å². The molecular formula is C15H25NO2. The molecule has 2 unspecified atom stereocenters. The minimum absolute atomic E-state index is 0.120. The van der Waals surface area contributed by atoms with Gasteiger partial charge in [0.05, 0.1) is 13.2 Å². The van der Waals surface area contributed by atoms with Gasteiger partial charge in [0.25, 0.3) is 0 Å². The standard InChI is InChI=1S/C15H25NO2/c1-4-5-13(16)14(17)8-7-12-10-11(2)6-9-15(12)18-3/h6,9-10,13-14,17H,4-5,7-8,16H2,1-3H3. The van der Waals surface area contributed by atoms with Gasteiger partial charge in [-0.3, -0.25) is 0 Å². The van der Waals surface area contributed by atoms with Gasteiger partial charge < -0.3 is 15.6 Å². The van der Waals surface area contributed by atoms with Crippen LogP contribution in [0.15, 0.2) is 18.2 Å². The lowest BCUT2D eigenvalue weighted by Gasteiger charge is -2.18. The molecule has 0 aliphatic carbocycles. The lowest BCUT2D eigenvalue weighted by atomic mass is 9.98. The third-order valence-electron chi connectivity index (χ3n) is 3.26. The zero-order valence-electron chi connectivity index (χ0n) is 11.6. The summed E-state index contributed by atoms with van der Waals surface area (Å²) in [5, 5.41) is 9.98. The SMILES string of the molecule is CCCC(N)C(O)CCc1cc(C)ccc1OC. The van der Waals surface area contributed by atoms with Gasteiger partial charge in [-0.05, 0) is 37.8 Å². The van der Waals surface area contributed by atoms with Gasteiger partial charge in [0.15, 0.2) is 0 Å². The predicted molar refractivity (Wildman–Crippen MR) is 74.9 cm³/mol. The first-order valence-electron chi connectivity index (χ1n) is 6.65. The number of nitrogens with two attached hydrogens (primary N) is 1. The Labute approximate surface area is 110 Å². The van der Waals surface area contributed by atoms with Crippen molar-refractivity contribution < 1.29 is 9.84 Å². The Morgan fingerprint density at radius 2 is 2.06 bits per heavy atom. The first-order valence-corrected chi connectivity index (χ1v) is 6.65. The average Bonchev–Trinajstić information content (AvgIpc) is 2.36. The van der Waals surface area contributed by atoms with Crippen LogP contribution >= 0.6 is 0 Å². The highest BCUT2D eigenvalue weighted by atomic mass is 16.5. The average molecular weight is 251 g/mol. The largest absolute Gasteiger partial charge is 0.496 e. The number of ether oxygens (including phenoxy) is 1. The van der Waals surface area contributed by atoms with Crippen LogP contribution in [0.5, 0.6) is 5.75 Å². The van der Waals surface area contributed by atoms with Crippen LogP contribution in [-0.4, -0.2) is 24.4 Å². The monoisotopic (exact) mass is 251 g/mol. The molecular weight excluding hydrogens is 226 g/mol. The molecule has 0 amide bonds. The van der Waals surface area contributed by atoms with Gasteiger partial charge in [-0.2, -0.15) is 0 Å². The molecule has 3 nitrogen and oxygen atoms in total. The Kier molecular flexibility index (Phi) is 6.16. The summed E-state index contributed by atoms with van der Waals surface area (Å²) in [5.41, 5.74) is 8.26. The Morgan fingerprint density at radius 3 is 2.67 bits per heavy atom. The van der Waals surface area contributed by atoms with Gasteiger partial charge in [-0.1, -0.05) is 31.0 Å². The molecule has 0 saturated heterocycles. The van der Waals surface area contributed by atoms with E-state index in [4.69, 9.17) is 10.5 Å². The second-order valence-corrected chi connectivity index (χ2v) is 4.87. The lowest BCUT2D eigenvalue weighted by molar-refractivity contribution is 0.130. The van der Waals surface area contributed by atoms with Crippen LogP contribution in [0.3, 0.4) is 0 Å². The summed E-state index contributed by atoms with van der Waals surface area (Å²) < 4.78 is 5.33. The van der Waals surface area contributed by atoms with Crippen molar-refractivity contribution in [1.29, 1.82) is 0 Å². The molecule has 1 aromatic rings. The summed E-state index contributed by atoms with van der Waals surface area (Å²) >= 11 is 0. The number of aryl methyl sites for hydroxylation is 2. The van der Waals surface area contributed by atoms with Crippen molar-refractivity contribution in [3.8, 4) is 5.75 Å². The van der Waals surface area contributed by atoms with E-state index in [9.17, 15) is 5.11 Å². The number of benzene rings is 1. The van der Waals surface area contributed by atoms with Crippen molar-refractivity contribution in [2.45, 2.75) is 51.7 Å². The third-order valence-corrected chi connectivity index (χ3v) is 3.26. The maximum absolute atomic E-state index is 9.98. The highest BCUT2D eigenvalue weighted by molar-refractivity contribution is 5.36. The van der Waals surface area contributed by atoms with E-state index >= 15 is 0 Å². The van der Waals surface area contributed by atoms with Gasteiger partial charge in [0.1, 0.15) is 5.75 Å². The fourth-order valence-corrected chi connectivity index (χ4v) is 2.15. The molecule has 0 aromatic heterocycles. The molecule has 0 radical (unpaired) electrons. The van der Waals surface area contributed by atoms with Crippen LogP contribution in [0.1, 0.15) is 37.3 Å².